The van der Waals surface area contributed by atoms with E-state index in [4.69, 9.17) is 0 Å². The van der Waals surface area contributed by atoms with Gasteiger partial charge in [-0.1, -0.05) is 13.8 Å². The number of amides is 2. The zero-order valence-electron chi connectivity index (χ0n) is 17.3. The molecule has 0 aromatic carbocycles. The van der Waals surface area contributed by atoms with E-state index in [1.807, 2.05) is 11.9 Å². The number of hydrogen-bond acceptors (Lipinski definition) is 3. The molecule has 5 aliphatic rings. The predicted molar refractivity (Wildman–Crippen MR) is 106 cm³/mol. The summed E-state index contributed by atoms with van der Waals surface area (Å²) >= 11 is 0. The molecule has 5 fully saturated rings. The number of hydrogen-bond donors (Lipinski definition) is 2. The fourth-order valence-electron chi connectivity index (χ4n) is 6.88. The van der Waals surface area contributed by atoms with Crippen LogP contribution in [-0.2, 0) is 9.59 Å². The first kappa shape index (κ1) is 19.2. The molecular formula is C22H37N3O2. The first-order chi connectivity index (χ1) is 12.9. The van der Waals surface area contributed by atoms with Crippen LogP contribution in [0.1, 0.15) is 58.8 Å². The molecule has 0 radical (unpaired) electrons. The van der Waals surface area contributed by atoms with Gasteiger partial charge in [0.05, 0.1) is 0 Å². The van der Waals surface area contributed by atoms with E-state index in [2.05, 4.69) is 24.5 Å². The zero-order chi connectivity index (χ0) is 19.2. The van der Waals surface area contributed by atoms with Crippen LogP contribution in [0.4, 0.5) is 0 Å². The molecule has 4 bridgehead atoms. The van der Waals surface area contributed by atoms with E-state index < -0.39 is 0 Å². The van der Waals surface area contributed by atoms with Crippen molar-refractivity contribution in [2.24, 2.45) is 35.0 Å². The lowest BCUT2D eigenvalue weighted by Crippen LogP contribution is -2.58. The van der Waals surface area contributed by atoms with Gasteiger partial charge < -0.3 is 15.5 Å². The highest BCUT2D eigenvalue weighted by Crippen LogP contribution is 2.60. The van der Waals surface area contributed by atoms with Crippen molar-refractivity contribution < 1.29 is 9.59 Å². The summed E-state index contributed by atoms with van der Waals surface area (Å²) in [7, 11) is 1.97. The van der Waals surface area contributed by atoms with Crippen molar-refractivity contribution >= 4 is 11.8 Å². The van der Waals surface area contributed by atoms with Crippen molar-refractivity contribution in [1.29, 1.82) is 0 Å². The number of nitrogens with zero attached hydrogens (tertiary/aromatic N) is 1. The van der Waals surface area contributed by atoms with E-state index in [0.717, 1.165) is 63.1 Å². The third-order valence-corrected chi connectivity index (χ3v) is 7.83. The minimum absolute atomic E-state index is 0.124. The Bertz CT molecular complexity index is 553. The molecule has 2 N–H and O–H groups in total. The molecule has 2 unspecified atom stereocenters. The van der Waals surface area contributed by atoms with Crippen molar-refractivity contribution in [3.05, 3.63) is 0 Å². The summed E-state index contributed by atoms with van der Waals surface area (Å²) in [6, 6.07) is -0.376. The van der Waals surface area contributed by atoms with Gasteiger partial charge in [0.2, 0.25) is 11.8 Å². The Morgan fingerprint density at radius 3 is 2.19 bits per heavy atom. The van der Waals surface area contributed by atoms with Crippen molar-refractivity contribution in [1.82, 2.24) is 15.5 Å². The first-order valence-corrected chi connectivity index (χ1v) is 11.1. The van der Waals surface area contributed by atoms with Crippen LogP contribution in [0.25, 0.3) is 0 Å². The van der Waals surface area contributed by atoms with Gasteiger partial charge in [0.15, 0.2) is 0 Å². The molecule has 2 atom stereocenters. The second-order valence-electron chi connectivity index (χ2n) is 10.4. The van der Waals surface area contributed by atoms with Gasteiger partial charge in [0.25, 0.3) is 0 Å². The average molecular weight is 376 g/mol. The lowest BCUT2D eigenvalue weighted by molar-refractivity contribution is -0.150. The standard InChI is InChI=1S/C22H37N3O2/c1-14(2)19(20(26)25-5-4-15(13-25)12-23-3)24-21(27)22-9-16-6-17(10-22)8-18(7-16)11-22/h14-19,23H,4-13H2,1-3H3,(H,24,27). The van der Waals surface area contributed by atoms with E-state index in [-0.39, 0.29) is 29.2 Å². The Balaban J connectivity index is 1.43. The van der Waals surface area contributed by atoms with Gasteiger partial charge in [-0.2, -0.15) is 0 Å². The topological polar surface area (TPSA) is 61.4 Å². The van der Waals surface area contributed by atoms with Gasteiger partial charge in [-0.05, 0) is 88.1 Å². The Morgan fingerprint density at radius 2 is 1.67 bits per heavy atom. The van der Waals surface area contributed by atoms with Crippen LogP contribution in [0.15, 0.2) is 0 Å². The molecule has 2 amide bonds. The highest BCUT2D eigenvalue weighted by atomic mass is 16.2. The molecule has 1 aliphatic heterocycles. The third-order valence-electron chi connectivity index (χ3n) is 7.83. The van der Waals surface area contributed by atoms with Crippen LogP contribution in [0, 0.1) is 35.0 Å². The number of nitrogens with one attached hydrogen (secondary N) is 2. The Morgan fingerprint density at radius 1 is 1.07 bits per heavy atom. The molecule has 1 heterocycles. The summed E-state index contributed by atoms with van der Waals surface area (Å²) in [5.41, 5.74) is -0.179. The quantitative estimate of drug-likeness (QED) is 0.749. The highest BCUT2D eigenvalue weighted by Gasteiger charge is 2.55. The second kappa shape index (κ2) is 7.38. The van der Waals surface area contributed by atoms with Crippen LogP contribution >= 0.6 is 0 Å². The molecule has 152 valence electrons. The van der Waals surface area contributed by atoms with Crippen molar-refractivity contribution in [2.45, 2.75) is 64.8 Å². The largest absolute Gasteiger partial charge is 0.344 e. The lowest BCUT2D eigenvalue weighted by atomic mass is 9.49. The van der Waals surface area contributed by atoms with E-state index in [1.165, 1.54) is 19.3 Å². The molecule has 4 saturated carbocycles. The summed E-state index contributed by atoms with van der Waals surface area (Å²) in [5, 5.41) is 6.47. The first-order valence-electron chi connectivity index (χ1n) is 11.1. The summed E-state index contributed by atoms with van der Waals surface area (Å²) in [6.45, 7) is 6.71. The van der Waals surface area contributed by atoms with E-state index in [0.29, 0.717) is 5.92 Å². The monoisotopic (exact) mass is 375 g/mol. The van der Waals surface area contributed by atoms with Crippen LogP contribution in [0.5, 0.6) is 0 Å². The van der Waals surface area contributed by atoms with Crippen LogP contribution in [0.2, 0.25) is 0 Å². The van der Waals surface area contributed by atoms with Crippen molar-refractivity contribution in [3.63, 3.8) is 0 Å². The summed E-state index contributed by atoms with van der Waals surface area (Å²) in [6.07, 6.45) is 8.22. The molecule has 5 nitrogen and oxygen atoms in total. The fourth-order valence-corrected chi connectivity index (χ4v) is 6.88. The SMILES string of the molecule is CNCC1CCN(C(=O)C(NC(=O)C23CC4CC(CC(C4)C2)C3)C(C)C)C1. The van der Waals surface area contributed by atoms with Crippen LogP contribution < -0.4 is 10.6 Å². The van der Waals surface area contributed by atoms with E-state index >= 15 is 0 Å². The van der Waals surface area contributed by atoms with Gasteiger partial charge in [0.1, 0.15) is 6.04 Å². The maximum Gasteiger partial charge on any atom is 0.245 e. The lowest BCUT2D eigenvalue weighted by Gasteiger charge is -2.56. The molecule has 27 heavy (non-hydrogen) atoms. The molecule has 4 aliphatic carbocycles. The third kappa shape index (κ3) is 3.64. The van der Waals surface area contributed by atoms with E-state index in [9.17, 15) is 9.59 Å². The number of carbonyl (C=O) groups excluding carboxylic acids is 2. The molecule has 0 aromatic rings. The predicted octanol–water partition coefficient (Wildman–Crippen LogP) is 2.41. The smallest absolute Gasteiger partial charge is 0.245 e. The fraction of sp³-hybridized carbons (Fsp3) is 0.909. The van der Waals surface area contributed by atoms with Crippen LogP contribution in [0.3, 0.4) is 0 Å². The molecule has 5 heteroatoms. The number of rotatable bonds is 6. The van der Waals surface area contributed by atoms with Gasteiger partial charge >= 0.3 is 0 Å². The summed E-state index contributed by atoms with van der Waals surface area (Å²) < 4.78 is 0. The van der Waals surface area contributed by atoms with Gasteiger partial charge in [-0.15, -0.1) is 0 Å². The van der Waals surface area contributed by atoms with Gasteiger partial charge in [-0.3, -0.25) is 9.59 Å². The van der Waals surface area contributed by atoms with Crippen molar-refractivity contribution in [2.75, 3.05) is 26.7 Å². The number of carbonyl (C=O) groups is 2. The highest BCUT2D eigenvalue weighted by molar-refractivity contribution is 5.90. The molecule has 0 spiro atoms. The Kier molecular flexibility index (Phi) is 5.26. The zero-order valence-corrected chi connectivity index (χ0v) is 17.3. The summed E-state index contributed by atoms with van der Waals surface area (Å²) in [4.78, 5) is 28.6. The Labute approximate surface area is 164 Å². The second-order valence-corrected chi connectivity index (χ2v) is 10.4. The van der Waals surface area contributed by atoms with Crippen molar-refractivity contribution in [3.8, 4) is 0 Å². The normalized spacial score (nSPS) is 38.4. The van der Waals surface area contributed by atoms with Gasteiger partial charge in [-0.25, -0.2) is 0 Å². The minimum atomic E-state index is -0.376. The summed E-state index contributed by atoms with van der Waals surface area (Å²) in [5.74, 6) is 3.20. The minimum Gasteiger partial charge on any atom is -0.344 e. The molecule has 5 rings (SSSR count). The molecular weight excluding hydrogens is 338 g/mol. The number of likely N-dealkylation sites (tertiary alicyclic amines) is 1. The maximum atomic E-state index is 13.4. The average Bonchev–Trinajstić information content (AvgIpc) is 3.06. The maximum absolute atomic E-state index is 13.4. The van der Waals surface area contributed by atoms with E-state index in [1.54, 1.807) is 0 Å². The molecule has 1 saturated heterocycles. The Hall–Kier alpha value is -1.10. The molecule has 0 aromatic heterocycles. The van der Waals surface area contributed by atoms with Gasteiger partial charge in [0, 0.05) is 18.5 Å². The van der Waals surface area contributed by atoms with Crippen LogP contribution in [-0.4, -0.2) is 49.4 Å².